The zero-order valence-electron chi connectivity index (χ0n) is 13.8. The van der Waals surface area contributed by atoms with E-state index < -0.39 is 30.3 Å². The molecule has 1 aliphatic heterocycles. The lowest BCUT2D eigenvalue weighted by atomic mass is 10.1. The molecule has 0 bridgehead atoms. The Morgan fingerprint density at radius 3 is 2.23 bits per heavy atom. The van der Waals surface area contributed by atoms with E-state index in [4.69, 9.17) is 5.11 Å². The van der Waals surface area contributed by atoms with Gasteiger partial charge in [0.25, 0.3) is 5.91 Å². The fraction of sp³-hybridized carbons (Fsp3) is 0.471. The van der Waals surface area contributed by atoms with Crippen molar-refractivity contribution in [3.05, 3.63) is 29.8 Å². The molecule has 26 heavy (non-hydrogen) atoms. The maximum Gasteiger partial charge on any atom is 0.387 e. The molecule has 1 saturated carbocycles. The first kappa shape index (κ1) is 18.1. The molecule has 0 spiro atoms. The van der Waals surface area contributed by atoms with Gasteiger partial charge < -0.3 is 19.6 Å². The lowest BCUT2D eigenvalue weighted by molar-refractivity contribution is -0.142. The molecule has 2 fully saturated rings. The highest BCUT2D eigenvalue weighted by Gasteiger charge is 2.50. The second kappa shape index (κ2) is 7.27. The summed E-state index contributed by atoms with van der Waals surface area (Å²) in [6, 6.07) is 5.78. The average Bonchev–Trinajstić information content (AvgIpc) is 3.42. The van der Waals surface area contributed by atoms with Crippen LogP contribution in [-0.2, 0) is 9.59 Å². The molecule has 2 aliphatic rings. The number of hydrogen-bond acceptors (Lipinski definition) is 4. The molecular formula is C17H18F2N2O5. The van der Waals surface area contributed by atoms with Crippen LogP contribution in [0.1, 0.15) is 16.8 Å². The molecule has 1 N–H and O–H groups in total. The van der Waals surface area contributed by atoms with Crippen molar-refractivity contribution in [2.45, 2.75) is 13.0 Å². The van der Waals surface area contributed by atoms with Crippen LogP contribution in [0.4, 0.5) is 8.78 Å². The number of alkyl halides is 2. The number of para-hydroxylation sites is 1. The largest absolute Gasteiger partial charge is 0.481 e. The Balaban J connectivity index is 1.59. The van der Waals surface area contributed by atoms with Gasteiger partial charge in [-0.05, 0) is 18.6 Å². The Kier molecular flexibility index (Phi) is 5.06. The van der Waals surface area contributed by atoms with E-state index in [-0.39, 0.29) is 43.4 Å². The van der Waals surface area contributed by atoms with Gasteiger partial charge in [0.2, 0.25) is 5.91 Å². The molecule has 1 heterocycles. The SMILES string of the molecule is O=C(O)C1CC1C(=O)N1CCN(C(=O)c2ccccc2OC(F)F)CC1. The van der Waals surface area contributed by atoms with Crippen molar-refractivity contribution in [2.24, 2.45) is 11.8 Å². The predicted molar refractivity (Wildman–Crippen MR) is 84.8 cm³/mol. The second-order valence-electron chi connectivity index (χ2n) is 6.28. The maximum atomic E-state index is 12.6. The van der Waals surface area contributed by atoms with Crippen molar-refractivity contribution < 1.29 is 33.0 Å². The number of ether oxygens (including phenoxy) is 1. The lowest BCUT2D eigenvalue weighted by Crippen LogP contribution is -2.51. The van der Waals surface area contributed by atoms with Gasteiger partial charge >= 0.3 is 12.6 Å². The van der Waals surface area contributed by atoms with Gasteiger partial charge in [-0.2, -0.15) is 8.78 Å². The summed E-state index contributed by atoms with van der Waals surface area (Å²) in [6.07, 6.45) is 0.353. The third-order valence-corrected chi connectivity index (χ3v) is 4.64. The van der Waals surface area contributed by atoms with Crippen LogP contribution in [0.3, 0.4) is 0 Å². The van der Waals surface area contributed by atoms with Gasteiger partial charge in [-0.25, -0.2) is 0 Å². The number of piperazine rings is 1. The summed E-state index contributed by atoms with van der Waals surface area (Å²) in [4.78, 5) is 38.7. The molecule has 1 aromatic carbocycles. The van der Waals surface area contributed by atoms with Gasteiger partial charge in [0.1, 0.15) is 5.75 Å². The van der Waals surface area contributed by atoms with Gasteiger partial charge in [-0.1, -0.05) is 12.1 Å². The number of carboxylic acids is 1. The minimum Gasteiger partial charge on any atom is -0.481 e. The minimum atomic E-state index is -3.03. The van der Waals surface area contributed by atoms with Crippen molar-refractivity contribution in [1.29, 1.82) is 0 Å². The molecule has 1 saturated heterocycles. The molecule has 7 nitrogen and oxygen atoms in total. The predicted octanol–water partition coefficient (Wildman–Crippen LogP) is 1.29. The maximum absolute atomic E-state index is 12.6. The fourth-order valence-corrected chi connectivity index (χ4v) is 3.12. The number of nitrogens with zero attached hydrogens (tertiary/aromatic N) is 2. The van der Waals surface area contributed by atoms with E-state index in [9.17, 15) is 23.2 Å². The summed E-state index contributed by atoms with van der Waals surface area (Å²) in [6.45, 7) is -1.97. The van der Waals surface area contributed by atoms with E-state index in [1.165, 1.54) is 23.1 Å². The van der Waals surface area contributed by atoms with Crippen molar-refractivity contribution in [3.8, 4) is 5.75 Å². The third kappa shape index (κ3) is 3.76. The number of hydrogen-bond donors (Lipinski definition) is 1. The van der Waals surface area contributed by atoms with Crippen molar-refractivity contribution in [3.63, 3.8) is 0 Å². The third-order valence-electron chi connectivity index (χ3n) is 4.64. The highest BCUT2D eigenvalue weighted by molar-refractivity contribution is 5.97. The smallest absolute Gasteiger partial charge is 0.387 e. The van der Waals surface area contributed by atoms with E-state index in [0.717, 1.165) is 0 Å². The number of carbonyl (C=O) groups is 3. The fourth-order valence-electron chi connectivity index (χ4n) is 3.12. The minimum absolute atomic E-state index is 0.0423. The van der Waals surface area contributed by atoms with Gasteiger partial charge in [0, 0.05) is 26.2 Å². The van der Waals surface area contributed by atoms with Crippen LogP contribution in [0.2, 0.25) is 0 Å². The molecule has 1 aliphatic carbocycles. The van der Waals surface area contributed by atoms with Gasteiger partial charge in [-0.3, -0.25) is 14.4 Å². The van der Waals surface area contributed by atoms with Gasteiger partial charge in [-0.15, -0.1) is 0 Å². The first-order valence-electron chi connectivity index (χ1n) is 8.23. The van der Waals surface area contributed by atoms with E-state index in [2.05, 4.69) is 4.74 Å². The number of carbonyl (C=O) groups excluding carboxylic acids is 2. The summed E-state index contributed by atoms with van der Waals surface area (Å²) in [5.41, 5.74) is 0.0423. The Bertz CT molecular complexity index is 719. The molecule has 2 unspecified atom stereocenters. The van der Waals surface area contributed by atoms with Crippen molar-refractivity contribution in [2.75, 3.05) is 26.2 Å². The number of halogens is 2. The Labute approximate surface area is 148 Å². The number of carboxylic acid groups (broad SMARTS) is 1. The summed E-state index contributed by atoms with van der Waals surface area (Å²) < 4.78 is 29.4. The topological polar surface area (TPSA) is 87.2 Å². The van der Waals surface area contributed by atoms with Crippen LogP contribution in [0.15, 0.2) is 24.3 Å². The van der Waals surface area contributed by atoms with Crippen molar-refractivity contribution >= 4 is 17.8 Å². The molecule has 3 rings (SSSR count). The van der Waals surface area contributed by atoms with Crippen LogP contribution in [0.25, 0.3) is 0 Å². The van der Waals surface area contributed by atoms with Crippen LogP contribution in [0.5, 0.6) is 5.75 Å². The molecule has 9 heteroatoms. The highest BCUT2D eigenvalue weighted by Crippen LogP contribution is 2.40. The molecule has 0 aromatic heterocycles. The second-order valence-corrected chi connectivity index (χ2v) is 6.28. The zero-order valence-corrected chi connectivity index (χ0v) is 13.8. The molecule has 140 valence electrons. The van der Waals surface area contributed by atoms with Gasteiger partial charge in [0.15, 0.2) is 0 Å². The lowest BCUT2D eigenvalue weighted by Gasteiger charge is -2.35. The number of rotatable bonds is 5. The monoisotopic (exact) mass is 368 g/mol. The summed E-state index contributed by atoms with van der Waals surface area (Å²) in [5, 5.41) is 8.91. The Morgan fingerprint density at radius 1 is 1.04 bits per heavy atom. The van der Waals surface area contributed by atoms with Crippen LogP contribution < -0.4 is 4.74 Å². The standard InChI is InChI=1S/C17H18F2N2O5/c18-17(19)26-13-4-2-1-3-10(13)14(22)20-5-7-21(8-6-20)15(23)11-9-12(11)16(24)25/h1-4,11-12,17H,5-9H2,(H,24,25). The Morgan fingerprint density at radius 2 is 1.65 bits per heavy atom. The number of benzene rings is 1. The highest BCUT2D eigenvalue weighted by atomic mass is 19.3. The first-order valence-corrected chi connectivity index (χ1v) is 8.23. The molecule has 2 atom stereocenters. The van der Waals surface area contributed by atoms with E-state index in [0.29, 0.717) is 6.42 Å². The molecule has 0 radical (unpaired) electrons. The summed E-state index contributed by atoms with van der Waals surface area (Å²) >= 11 is 0. The van der Waals surface area contributed by atoms with E-state index in [1.807, 2.05) is 0 Å². The van der Waals surface area contributed by atoms with Crippen LogP contribution >= 0.6 is 0 Å². The Hall–Kier alpha value is -2.71. The molecule has 2 amide bonds. The zero-order chi connectivity index (χ0) is 18.8. The normalized spacial score (nSPS) is 22.3. The van der Waals surface area contributed by atoms with Gasteiger partial charge in [0.05, 0.1) is 17.4 Å². The van der Waals surface area contributed by atoms with Crippen molar-refractivity contribution in [1.82, 2.24) is 9.80 Å². The van der Waals surface area contributed by atoms with E-state index in [1.54, 1.807) is 11.0 Å². The number of aliphatic carboxylic acids is 1. The van der Waals surface area contributed by atoms with E-state index >= 15 is 0 Å². The average molecular weight is 368 g/mol. The summed E-state index contributed by atoms with van der Waals surface area (Å²) in [7, 11) is 0. The molecule has 1 aromatic rings. The quantitative estimate of drug-likeness (QED) is 0.846. The van der Waals surface area contributed by atoms with Crippen LogP contribution in [0, 0.1) is 11.8 Å². The first-order chi connectivity index (χ1) is 12.4. The summed E-state index contributed by atoms with van der Waals surface area (Å²) in [5.74, 6) is -2.88. The number of amides is 2. The van der Waals surface area contributed by atoms with Crippen LogP contribution in [-0.4, -0.2) is 65.5 Å². The molecular weight excluding hydrogens is 350 g/mol.